The summed E-state index contributed by atoms with van der Waals surface area (Å²) in [5, 5.41) is 8.82. The number of aliphatic imine (C=N–C) groups is 1. The highest BCUT2D eigenvalue weighted by Crippen LogP contribution is 1.96. The summed E-state index contributed by atoms with van der Waals surface area (Å²) >= 11 is 0. The van der Waals surface area contributed by atoms with Crippen LogP contribution in [0.15, 0.2) is 16.8 Å². The fraction of sp³-hybridized carbons (Fsp3) is 0.400. The molecule has 3 nitrogen and oxygen atoms in total. The van der Waals surface area contributed by atoms with Gasteiger partial charge < -0.3 is 10.8 Å². The lowest BCUT2D eigenvalue weighted by Crippen LogP contribution is -2.26. The van der Waals surface area contributed by atoms with Gasteiger partial charge in [0.2, 0.25) is 0 Å². The third kappa shape index (κ3) is 0.869. The molecule has 0 saturated carbocycles. The predicted octanol–water partition coefficient (Wildman–Crippen LogP) is -0.160. The SMILES string of the molecule is NC1C=NCC=C1O. The first kappa shape index (κ1) is 5.31. The van der Waals surface area contributed by atoms with Gasteiger partial charge in [-0.1, -0.05) is 0 Å². The maximum atomic E-state index is 8.82. The number of hydrogen-bond acceptors (Lipinski definition) is 3. The molecule has 1 aliphatic rings. The molecular weight excluding hydrogens is 104 g/mol. The Kier molecular flexibility index (Phi) is 1.30. The first-order valence-corrected chi connectivity index (χ1v) is 2.45. The van der Waals surface area contributed by atoms with Crippen LogP contribution in [0.5, 0.6) is 0 Å². The highest BCUT2D eigenvalue weighted by Gasteiger charge is 2.05. The molecule has 1 unspecified atom stereocenters. The standard InChI is InChI=1S/C5H8N2O/c6-4-3-7-2-1-5(4)8/h1,3-4,8H,2,6H2. The second kappa shape index (κ2) is 1.96. The average molecular weight is 112 g/mol. The summed E-state index contributed by atoms with van der Waals surface area (Å²) < 4.78 is 0. The number of nitrogens with zero attached hydrogens (tertiary/aromatic N) is 1. The van der Waals surface area contributed by atoms with Crippen LogP contribution in [0.25, 0.3) is 0 Å². The van der Waals surface area contributed by atoms with Crippen LogP contribution in [0.3, 0.4) is 0 Å². The van der Waals surface area contributed by atoms with Crippen LogP contribution in [0.4, 0.5) is 0 Å². The molecule has 0 aliphatic carbocycles. The number of nitrogens with two attached hydrogens (primary N) is 1. The molecule has 0 aromatic heterocycles. The quantitative estimate of drug-likeness (QED) is 0.457. The van der Waals surface area contributed by atoms with Gasteiger partial charge in [0, 0.05) is 6.21 Å². The zero-order valence-corrected chi connectivity index (χ0v) is 4.41. The second-order valence-corrected chi connectivity index (χ2v) is 1.67. The Hall–Kier alpha value is -0.830. The molecule has 8 heavy (non-hydrogen) atoms. The van der Waals surface area contributed by atoms with Crippen molar-refractivity contribution in [2.75, 3.05) is 6.54 Å². The molecule has 0 amide bonds. The Morgan fingerprint density at radius 2 is 2.62 bits per heavy atom. The molecule has 0 aromatic carbocycles. The minimum Gasteiger partial charge on any atom is -0.511 e. The van der Waals surface area contributed by atoms with Crippen LogP contribution >= 0.6 is 0 Å². The Bertz CT molecular complexity index is 139. The number of rotatable bonds is 0. The van der Waals surface area contributed by atoms with Crippen LogP contribution in [-0.2, 0) is 0 Å². The molecule has 1 atom stereocenters. The van der Waals surface area contributed by atoms with Gasteiger partial charge in [-0.25, -0.2) is 0 Å². The van der Waals surface area contributed by atoms with Gasteiger partial charge in [-0.15, -0.1) is 0 Å². The van der Waals surface area contributed by atoms with E-state index < -0.39 is 0 Å². The van der Waals surface area contributed by atoms with Crippen molar-refractivity contribution in [1.82, 2.24) is 0 Å². The van der Waals surface area contributed by atoms with Gasteiger partial charge in [0.25, 0.3) is 0 Å². The lowest BCUT2D eigenvalue weighted by atomic mass is 10.2. The molecule has 0 spiro atoms. The van der Waals surface area contributed by atoms with E-state index >= 15 is 0 Å². The van der Waals surface area contributed by atoms with E-state index in [1.165, 1.54) is 6.21 Å². The summed E-state index contributed by atoms with van der Waals surface area (Å²) in [5.41, 5.74) is 5.31. The van der Waals surface area contributed by atoms with E-state index in [-0.39, 0.29) is 11.8 Å². The van der Waals surface area contributed by atoms with Gasteiger partial charge in [0.15, 0.2) is 0 Å². The smallest absolute Gasteiger partial charge is 0.112 e. The maximum absolute atomic E-state index is 8.82. The Morgan fingerprint density at radius 1 is 1.88 bits per heavy atom. The summed E-state index contributed by atoms with van der Waals surface area (Å²) in [6, 6.07) is -0.372. The molecule has 1 rings (SSSR count). The Morgan fingerprint density at radius 3 is 3.00 bits per heavy atom. The van der Waals surface area contributed by atoms with Gasteiger partial charge in [0.1, 0.15) is 5.76 Å². The van der Waals surface area contributed by atoms with E-state index in [9.17, 15) is 0 Å². The highest BCUT2D eigenvalue weighted by atomic mass is 16.3. The normalized spacial score (nSPS) is 27.6. The number of hydrogen-bond donors (Lipinski definition) is 2. The van der Waals surface area contributed by atoms with Crippen molar-refractivity contribution >= 4 is 6.21 Å². The van der Waals surface area contributed by atoms with Crippen LogP contribution < -0.4 is 5.73 Å². The molecular formula is C5H8N2O. The van der Waals surface area contributed by atoms with Crippen LogP contribution in [-0.4, -0.2) is 23.9 Å². The summed E-state index contributed by atoms with van der Waals surface area (Å²) in [6.45, 7) is 0.555. The predicted molar refractivity (Wildman–Crippen MR) is 32.0 cm³/mol. The van der Waals surface area contributed by atoms with Gasteiger partial charge in [0.05, 0.1) is 12.6 Å². The molecule has 44 valence electrons. The van der Waals surface area contributed by atoms with E-state index in [0.29, 0.717) is 6.54 Å². The van der Waals surface area contributed by atoms with Gasteiger partial charge >= 0.3 is 0 Å². The monoisotopic (exact) mass is 112 g/mol. The fourth-order valence-corrected chi connectivity index (χ4v) is 0.533. The third-order valence-corrected chi connectivity index (χ3v) is 1.01. The number of aliphatic hydroxyl groups is 1. The molecule has 1 aliphatic heterocycles. The van der Waals surface area contributed by atoms with E-state index in [1.807, 2.05) is 0 Å². The molecule has 0 aromatic rings. The van der Waals surface area contributed by atoms with E-state index in [2.05, 4.69) is 4.99 Å². The van der Waals surface area contributed by atoms with Crippen LogP contribution in [0, 0.1) is 0 Å². The number of aliphatic hydroxyl groups excluding tert-OH is 1. The first-order valence-electron chi connectivity index (χ1n) is 2.45. The van der Waals surface area contributed by atoms with Crippen molar-refractivity contribution < 1.29 is 5.11 Å². The maximum Gasteiger partial charge on any atom is 0.112 e. The zero-order chi connectivity index (χ0) is 5.98. The molecule has 1 heterocycles. The molecule has 3 heteroatoms. The summed E-state index contributed by atoms with van der Waals surface area (Å²) in [6.07, 6.45) is 3.14. The number of dihydropyridines is 1. The molecule has 0 bridgehead atoms. The van der Waals surface area contributed by atoms with Crippen molar-refractivity contribution in [3.8, 4) is 0 Å². The van der Waals surface area contributed by atoms with Crippen molar-refractivity contribution in [2.45, 2.75) is 6.04 Å². The van der Waals surface area contributed by atoms with Crippen molar-refractivity contribution in [2.24, 2.45) is 10.7 Å². The average Bonchev–Trinajstić information content (AvgIpc) is 1.77. The second-order valence-electron chi connectivity index (χ2n) is 1.67. The third-order valence-electron chi connectivity index (χ3n) is 1.01. The summed E-state index contributed by atoms with van der Waals surface area (Å²) in [7, 11) is 0. The van der Waals surface area contributed by atoms with Gasteiger partial charge in [-0.2, -0.15) is 0 Å². The molecule has 0 saturated heterocycles. The fourth-order valence-electron chi connectivity index (χ4n) is 0.533. The van der Waals surface area contributed by atoms with Gasteiger partial charge in [-0.05, 0) is 6.08 Å². The molecule has 0 radical (unpaired) electrons. The van der Waals surface area contributed by atoms with Crippen LogP contribution in [0.1, 0.15) is 0 Å². The summed E-state index contributed by atoms with van der Waals surface area (Å²) in [5.74, 6) is 0.222. The van der Waals surface area contributed by atoms with Crippen molar-refractivity contribution in [1.29, 1.82) is 0 Å². The van der Waals surface area contributed by atoms with Crippen molar-refractivity contribution in [3.05, 3.63) is 11.8 Å². The van der Waals surface area contributed by atoms with Crippen molar-refractivity contribution in [3.63, 3.8) is 0 Å². The summed E-state index contributed by atoms with van der Waals surface area (Å²) in [4.78, 5) is 3.82. The first-order chi connectivity index (χ1) is 3.80. The zero-order valence-electron chi connectivity index (χ0n) is 4.41. The van der Waals surface area contributed by atoms with E-state index in [4.69, 9.17) is 10.8 Å². The van der Waals surface area contributed by atoms with Crippen LogP contribution in [0.2, 0.25) is 0 Å². The lowest BCUT2D eigenvalue weighted by molar-refractivity contribution is 0.387. The van der Waals surface area contributed by atoms with Gasteiger partial charge in [-0.3, -0.25) is 4.99 Å². The molecule has 0 fully saturated rings. The Balaban J connectivity index is 2.63. The van der Waals surface area contributed by atoms with E-state index in [1.54, 1.807) is 6.08 Å². The molecule has 3 N–H and O–H groups in total. The largest absolute Gasteiger partial charge is 0.511 e. The lowest BCUT2D eigenvalue weighted by Gasteiger charge is -2.07. The topological polar surface area (TPSA) is 58.6 Å². The highest BCUT2D eigenvalue weighted by molar-refractivity contribution is 5.69. The Labute approximate surface area is 47.5 Å². The van der Waals surface area contributed by atoms with E-state index in [0.717, 1.165) is 0 Å². The minimum atomic E-state index is -0.372. The minimum absolute atomic E-state index is 0.222.